The van der Waals surface area contributed by atoms with Gasteiger partial charge in [-0.3, -0.25) is 9.69 Å². The topological polar surface area (TPSA) is 71.4 Å². The third-order valence-electron chi connectivity index (χ3n) is 7.47. The summed E-state index contributed by atoms with van der Waals surface area (Å²) < 4.78 is 26.5. The Balaban J connectivity index is 1.29. The first kappa shape index (κ1) is 24.1. The quantitative estimate of drug-likeness (QED) is 0.483. The van der Waals surface area contributed by atoms with Gasteiger partial charge in [-0.05, 0) is 86.7 Å². The summed E-state index contributed by atoms with van der Waals surface area (Å²) in [6.07, 6.45) is 5.00. The lowest BCUT2D eigenvalue weighted by molar-refractivity contribution is 0.0951. The number of likely N-dealkylation sites (tertiary alicyclic amines) is 1. The molecule has 1 aliphatic carbocycles. The van der Waals surface area contributed by atoms with Crippen LogP contribution < -0.4 is 5.32 Å². The molecule has 35 heavy (non-hydrogen) atoms. The molecule has 0 bridgehead atoms. The van der Waals surface area contributed by atoms with E-state index >= 15 is 0 Å². The lowest BCUT2D eigenvalue weighted by Crippen LogP contribution is -2.33. The first-order valence-electron chi connectivity index (χ1n) is 12.8. The van der Waals surface area contributed by atoms with Crippen LogP contribution in [0, 0.1) is 5.92 Å². The van der Waals surface area contributed by atoms with Crippen LogP contribution in [0.5, 0.6) is 0 Å². The van der Waals surface area contributed by atoms with Crippen molar-refractivity contribution in [3.63, 3.8) is 0 Å². The monoisotopic (exact) mass is 493 g/mol. The molecule has 2 aromatic carbocycles. The van der Waals surface area contributed by atoms with Crippen LogP contribution in [0.25, 0.3) is 10.9 Å². The Hall–Kier alpha value is -2.64. The highest BCUT2D eigenvalue weighted by molar-refractivity contribution is 7.91. The number of amides is 1. The number of nitrogens with zero attached hydrogens (tertiary/aromatic N) is 2. The number of hydrogen-bond donors (Lipinski definition) is 1. The van der Waals surface area contributed by atoms with Crippen LogP contribution in [-0.2, 0) is 22.9 Å². The first-order valence-corrected chi connectivity index (χ1v) is 14.5. The molecule has 1 aromatic heterocycles. The third kappa shape index (κ3) is 5.31. The summed E-state index contributed by atoms with van der Waals surface area (Å²) in [7, 11) is -3.22. The first-order chi connectivity index (χ1) is 16.8. The van der Waals surface area contributed by atoms with Crippen molar-refractivity contribution >= 4 is 26.6 Å². The minimum Gasteiger partial charge on any atom is -0.348 e. The normalized spacial score (nSPS) is 17.7. The standard InChI is InChI=1S/C28H35N3O3S/c1-3-35(33,34)26-9-4-21(5-10-26)18-29-28(32)22-6-11-27-23(16-22)17-25(31(27)24-7-8-24)19-30-14-12-20(2)13-15-30/h4-6,9-11,16-17,20,24H,3,7-8,12-15,18-19H2,1-2H3,(H,29,32). The molecular formula is C28H35N3O3S. The molecule has 1 N–H and O–H groups in total. The molecule has 0 radical (unpaired) electrons. The van der Waals surface area contributed by atoms with Gasteiger partial charge in [0.25, 0.3) is 5.91 Å². The van der Waals surface area contributed by atoms with E-state index in [1.807, 2.05) is 12.1 Å². The van der Waals surface area contributed by atoms with Gasteiger partial charge in [0, 0.05) is 41.3 Å². The van der Waals surface area contributed by atoms with Gasteiger partial charge in [-0.1, -0.05) is 26.0 Å². The molecule has 0 atom stereocenters. The second kappa shape index (κ2) is 9.78. The number of sulfone groups is 1. The Bertz CT molecular complexity index is 1320. The maximum atomic E-state index is 12.9. The van der Waals surface area contributed by atoms with Crippen LogP contribution in [0.1, 0.15) is 67.2 Å². The van der Waals surface area contributed by atoms with Crippen LogP contribution in [0.2, 0.25) is 0 Å². The van der Waals surface area contributed by atoms with Crippen molar-refractivity contribution in [2.75, 3.05) is 18.8 Å². The summed E-state index contributed by atoms with van der Waals surface area (Å²) in [4.78, 5) is 15.8. The van der Waals surface area contributed by atoms with E-state index in [2.05, 4.69) is 33.8 Å². The highest BCUT2D eigenvalue weighted by Crippen LogP contribution is 2.40. The van der Waals surface area contributed by atoms with Gasteiger partial charge < -0.3 is 9.88 Å². The number of benzene rings is 2. The SMILES string of the molecule is CCS(=O)(=O)c1ccc(CNC(=O)c2ccc3c(c2)cc(CN2CCC(C)CC2)n3C2CC2)cc1. The van der Waals surface area contributed by atoms with Gasteiger partial charge in [-0.2, -0.15) is 0 Å². The van der Waals surface area contributed by atoms with Gasteiger partial charge in [0.2, 0.25) is 0 Å². The highest BCUT2D eigenvalue weighted by atomic mass is 32.2. The molecule has 2 fully saturated rings. The number of aromatic nitrogens is 1. The van der Waals surface area contributed by atoms with Gasteiger partial charge in [-0.15, -0.1) is 0 Å². The van der Waals surface area contributed by atoms with Gasteiger partial charge >= 0.3 is 0 Å². The number of fused-ring (bicyclic) bond motifs is 1. The Kier molecular flexibility index (Phi) is 6.73. The number of carbonyl (C=O) groups is 1. The molecule has 5 rings (SSSR count). The smallest absolute Gasteiger partial charge is 0.251 e. The van der Waals surface area contributed by atoms with Gasteiger partial charge in [0.05, 0.1) is 10.6 Å². The molecule has 3 aromatic rings. The van der Waals surface area contributed by atoms with Crippen molar-refractivity contribution in [1.82, 2.24) is 14.8 Å². The van der Waals surface area contributed by atoms with Crippen molar-refractivity contribution in [3.05, 3.63) is 65.4 Å². The number of nitrogens with one attached hydrogen (secondary N) is 1. The Morgan fingerprint density at radius 2 is 1.71 bits per heavy atom. The Morgan fingerprint density at radius 3 is 2.37 bits per heavy atom. The molecule has 2 aliphatic rings. The van der Waals surface area contributed by atoms with Gasteiger partial charge in [0.1, 0.15) is 0 Å². The molecule has 7 heteroatoms. The zero-order valence-electron chi connectivity index (χ0n) is 20.7. The van der Waals surface area contributed by atoms with Crippen LogP contribution >= 0.6 is 0 Å². The molecule has 1 saturated carbocycles. The summed E-state index contributed by atoms with van der Waals surface area (Å²) in [6.45, 7) is 7.63. The molecular weight excluding hydrogens is 458 g/mol. The maximum absolute atomic E-state index is 12.9. The minimum atomic E-state index is -3.22. The maximum Gasteiger partial charge on any atom is 0.251 e. The van der Waals surface area contributed by atoms with Crippen molar-refractivity contribution in [1.29, 1.82) is 0 Å². The summed E-state index contributed by atoms with van der Waals surface area (Å²) in [5.41, 5.74) is 4.09. The molecule has 6 nitrogen and oxygen atoms in total. The number of piperidine rings is 1. The van der Waals surface area contributed by atoms with Crippen molar-refractivity contribution in [2.45, 2.75) is 63.6 Å². The van der Waals surface area contributed by atoms with E-state index in [9.17, 15) is 13.2 Å². The van der Waals surface area contributed by atoms with E-state index in [4.69, 9.17) is 0 Å². The van der Waals surface area contributed by atoms with E-state index < -0.39 is 9.84 Å². The minimum absolute atomic E-state index is 0.0764. The molecule has 1 amide bonds. The Morgan fingerprint density at radius 1 is 1.00 bits per heavy atom. The lowest BCUT2D eigenvalue weighted by atomic mass is 9.99. The second-order valence-corrected chi connectivity index (χ2v) is 12.5. The van der Waals surface area contributed by atoms with E-state index in [1.165, 1.54) is 36.9 Å². The zero-order valence-corrected chi connectivity index (χ0v) is 21.5. The number of hydrogen-bond acceptors (Lipinski definition) is 4. The Labute approximate surface area is 208 Å². The van der Waals surface area contributed by atoms with E-state index in [1.54, 1.807) is 31.2 Å². The van der Waals surface area contributed by atoms with Crippen molar-refractivity contribution in [3.8, 4) is 0 Å². The van der Waals surface area contributed by atoms with Crippen LogP contribution in [0.15, 0.2) is 53.4 Å². The summed E-state index contributed by atoms with van der Waals surface area (Å²) >= 11 is 0. The molecule has 2 heterocycles. The fraction of sp³-hybridized carbons (Fsp3) is 0.464. The fourth-order valence-electron chi connectivity index (χ4n) is 5.04. The lowest BCUT2D eigenvalue weighted by Gasteiger charge is -2.30. The molecule has 0 spiro atoms. The summed E-state index contributed by atoms with van der Waals surface area (Å²) in [5, 5.41) is 4.10. The summed E-state index contributed by atoms with van der Waals surface area (Å²) in [6, 6.07) is 15.6. The van der Waals surface area contributed by atoms with Crippen LogP contribution in [-0.4, -0.2) is 42.6 Å². The number of carbonyl (C=O) groups excluding carboxylic acids is 1. The van der Waals surface area contributed by atoms with Gasteiger partial charge in [0.15, 0.2) is 9.84 Å². The molecule has 1 aliphatic heterocycles. The summed E-state index contributed by atoms with van der Waals surface area (Å²) in [5.74, 6) is 0.777. The fourth-order valence-corrected chi connectivity index (χ4v) is 5.92. The predicted molar refractivity (Wildman–Crippen MR) is 139 cm³/mol. The van der Waals surface area contributed by atoms with E-state index in [0.717, 1.165) is 36.5 Å². The predicted octanol–water partition coefficient (Wildman–Crippen LogP) is 4.93. The van der Waals surface area contributed by atoms with E-state index in [0.29, 0.717) is 23.0 Å². The number of rotatable bonds is 8. The third-order valence-corrected chi connectivity index (χ3v) is 9.22. The molecule has 186 valence electrons. The average molecular weight is 494 g/mol. The highest BCUT2D eigenvalue weighted by Gasteiger charge is 2.28. The molecule has 0 unspecified atom stereocenters. The van der Waals surface area contributed by atoms with Crippen molar-refractivity contribution in [2.24, 2.45) is 5.92 Å². The van der Waals surface area contributed by atoms with Crippen LogP contribution in [0.3, 0.4) is 0 Å². The zero-order chi connectivity index (χ0) is 24.6. The second-order valence-electron chi connectivity index (χ2n) is 10.2. The van der Waals surface area contributed by atoms with E-state index in [-0.39, 0.29) is 11.7 Å². The molecule has 1 saturated heterocycles. The van der Waals surface area contributed by atoms with Crippen molar-refractivity contribution < 1.29 is 13.2 Å². The average Bonchev–Trinajstić information content (AvgIpc) is 3.64. The van der Waals surface area contributed by atoms with Crippen LogP contribution in [0.4, 0.5) is 0 Å². The van der Waals surface area contributed by atoms with Gasteiger partial charge in [-0.25, -0.2) is 8.42 Å². The largest absolute Gasteiger partial charge is 0.348 e.